The van der Waals surface area contributed by atoms with Gasteiger partial charge in [0.25, 0.3) is 5.56 Å². The third-order valence-corrected chi connectivity index (χ3v) is 4.58. The molecule has 0 N–H and O–H groups in total. The van der Waals surface area contributed by atoms with Gasteiger partial charge in [-0.1, -0.05) is 11.6 Å². The maximum atomic E-state index is 13.0. The fourth-order valence-corrected chi connectivity index (χ4v) is 3.14. The first-order chi connectivity index (χ1) is 11.5. The number of benzene rings is 1. The van der Waals surface area contributed by atoms with Crippen LogP contribution in [0.2, 0.25) is 5.02 Å². The van der Waals surface area contributed by atoms with Crippen molar-refractivity contribution >= 4 is 23.0 Å². The van der Waals surface area contributed by atoms with Crippen molar-refractivity contribution in [2.45, 2.75) is 19.9 Å². The van der Waals surface area contributed by atoms with Crippen molar-refractivity contribution in [3.8, 4) is 0 Å². The van der Waals surface area contributed by atoms with Gasteiger partial charge in [0.1, 0.15) is 10.8 Å². The third kappa shape index (κ3) is 3.24. The molecule has 0 bridgehead atoms. The highest BCUT2D eigenvalue weighted by molar-refractivity contribution is 6.33. The minimum Gasteiger partial charge on any atom is -0.368 e. The Balaban J connectivity index is 1.74. The Bertz CT molecular complexity index is 767. The summed E-state index contributed by atoms with van der Waals surface area (Å²) in [6.07, 6.45) is 1.66. The summed E-state index contributed by atoms with van der Waals surface area (Å²) in [5, 5.41) is 4.44. The van der Waals surface area contributed by atoms with E-state index in [9.17, 15) is 9.18 Å². The van der Waals surface area contributed by atoms with E-state index in [0.29, 0.717) is 5.69 Å². The van der Waals surface area contributed by atoms with Crippen LogP contribution in [0.4, 0.5) is 15.8 Å². The van der Waals surface area contributed by atoms with Crippen LogP contribution in [-0.4, -0.2) is 36.0 Å². The lowest BCUT2D eigenvalue weighted by atomic mass is 10.2. The number of anilines is 2. The molecule has 0 aliphatic carbocycles. The monoisotopic (exact) mass is 350 g/mol. The first-order valence-corrected chi connectivity index (χ1v) is 8.38. The van der Waals surface area contributed by atoms with Gasteiger partial charge in [0.2, 0.25) is 0 Å². The van der Waals surface area contributed by atoms with Gasteiger partial charge >= 0.3 is 0 Å². The molecule has 0 atom stereocenters. The first-order valence-electron chi connectivity index (χ1n) is 8.00. The number of hydrogen-bond acceptors (Lipinski definition) is 4. The number of aromatic nitrogens is 2. The van der Waals surface area contributed by atoms with Crippen LogP contribution in [-0.2, 0) is 0 Å². The van der Waals surface area contributed by atoms with Crippen LogP contribution in [0.15, 0.2) is 35.3 Å². The molecule has 0 radical (unpaired) electrons. The molecular weight excluding hydrogens is 331 g/mol. The lowest BCUT2D eigenvalue weighted by molar-refractivity contribution is 0.501. The van der Waals surface area contributed by atoms with E-state index in [0.717, 1.165) is 31.9 Å². The van der Waals surface area contributed by atoms with Crippen molar-refractivity contribution in [2.75, 3.05) is 36.0 Å². The van der Waals surface area contributed by atoms with E-state index >= 15 is 0 Å². The van der Waals surface area contributed by atoms with Gasteiger partial charge in [-0.15, -0.1) is 0 Å². The van der Waals surface area contributed by atoms with Crippen molar-refractivity contribution < 1.29 is 4.39 Å². The molecule has 2 heterocycles. The summed E-state index contributed by atoms with van der Waals surface area (Å²) < 4.78 is 14.4. The van der Waals surface area contributed by atoms with Crippen LogP contribution < -0.4 is 15.4 Å². The SMILES string of the molecule is CC(C)n1ncc(N2CCN(c3ccc(F)cc3)CC2)c(Cl)c1=O. The van der Waals surface area contributed by atoms with E-state index in [1.807, 2.05) is 13.8 Å². The fraction of sp³-hybridized carbons (Fsp3) is 0.412. The quantitative estimate of drug-likeness (QED) is 0.853. The molecule has 0 amide bonds. The van der Waals surface area contributed by atoms with Gasteiger partial charge in [-0.25, -0.2) is 9.07 Å². The molecule has 2 aromatic rings. The highest BCUT2D eigenvalue weighted by Gasteiger charge is 2.22. The van der Waals surface area contributed by atoms with Crippen molar-refractivity contribution in [3.05, 3.63) is 51.7 Å². The van der Waals surface area contributed by atoms with Crippen molar-refractivity contribution in [3.63, 3.8) is 0 Å². The first kappa shape index (κ1) is 16.8. The molecule has 5 nitrogen and oxygen atoms in total. The van der Waals surface area contributed by atoms with Gasteiger partial charge in [0, 0.05) is 31.9 Å². The van der Waals surface area contributed by atoms with Crippen LogP contribution in [0, 0.1) is 5.82 Å². The van der Waals surface area contributed by atoms with Crippen molar-refractivity contribution in [2.24, 2.45) is 0 Å². The molecule has 1 aromatic heterocycles. The zero-order valence-corrected chi connectivity index (χ0v) is 14.5. The van der Waals surface area contributed by atoms with Crippen LogP contribution in [0.5, 0.6) is 0 Å². The van der Waals surface area contributed by atoms with E-state index in [4.69, 9.17) is 11.6 Å². The second kappa shape index (κ2) is 6.81. The van der Waals surface area contributed by atoms with E-state index in [1.165, 1.54) is 16.8 Å². The lowest BCUT2D eigenvalue weighted by Crippen LogP contribution is -2.47. The average molecular weight is 351 g/mol. The maximum Gasteiger partial charge on any atom is 0.287 e. The molecule has 0 saturated carbocycles. The Morgan fingerprint density at radius 3 is 2.25 bits per heavy atom. The number of hydrogen-bond donors (Lipinski definition) is 0. The molecule has 0 spiro atoms. The molecule has 24 heavy (non-hydrogen) atoms. The zero-order valence-electron chi connectivity index (χ0n) is 13.7. The van der Waals surface area contributed by atoms with Crippen LogP contribution in [0.3, 0.4) is 0 Å². The average Bonchev–Trinajstić information content (AvgIpc) is 2.58. The summed E-state index contributed by atoms with van der Waals surface area (Å²) in [5.74, 6) is -0.235. The van der Waals surface area contributed by atoms with Crippen LogP contribution >= 0.6 is 11.6 Å². The Labute approximate surface area is 145 Å². The van der Waals surface area contributed by atoms with Gasteiger partial charge in [-0.05, 0) is 38.1 Å². The van der Waals surface area contributed by atoms with Crippen molar-refractivity contribution in [1.29, 1.82) is 0 Å². The molecule has 0 unspecified atom stereocenters. The molecule has 7 heteroatoms. The Hall–Kier alpha value is -2.08. The summed E-state index contributed by atoms with van der Waals surface area (Å²) in [6, 6.07) is 6.47. The minimum absolute atomic E-state index is 0.0284. The predicted octanol–water partition coefficient (Wildman–Crippen LogP) is 2.94. The van der Waals surface area contributed by atoms with Crippen molar-refractivity contribution in [1.82, 2.24) is 9.78 Å². The highest BCUT2D eigenvalue weighted by atomic mass is 35.5. The van der Waals surface area contributed by atoms with E-state index in [2.05, 4.69) is 14.9 Å². The molecule has 128 valence electrons. The molecule has 1 aromatic carbocycles. The second-order valence-corrected chi connectivity index (χ2v) is 6.52. The van der Waals surface area contributed by atoms with E-state index in [-0.39, 0.29) is 22.4 Å². The van der Waals surface area contributed by atoms with Gasteiger partial charge < -0.3 is 9.80 Å². The van der Waals surface area contributed by atoms with Gasteiger partial charge in [0.05, 0.1) is 17.9 Å². The normalized spacial score (nSPS) is 15.2. The largest absolute Gasteiger partial charge is 0.368 e. The Kier molecular flexibility index (Phi) is 4.76. The molecular formula is C17H20ClFN4O. The smallest absolute Gasteiger partial charge is 0.287 e. The standard InChI is InChI=1S/C17H20ClFN4O/c1-12(2)23-17(24)16(18)15(11-20-23)22-9-7-21(8-10-22)14-5-3-13(19)4-6-14/h3-6,11-12H,7-10H2,1-2H3. The molecule has 3 rings (SSSR count). The summed E-state index contributed by atoms with van der Waals surface area (Å²) in [6.45, 7) is 6.79. The molecule has 1 saturated heterocycles. The topological polar surface area (TPSA) is 41.4 Å². The van der Waals surface area contributed by atoms with Gasteiger partial charge in [-0.2, -0.15) is 5.10 Å². The number of piperazine rings is 1. The summed E-state index contributed by atoms with van der Waals surface area (Å²) in [4.78, 5) is 16.5. The second-order valence-electron chi connectivity index (χ2n) is 6.14. The third-order valence-electron chi connectivity index (χ3n) is 4.23. The number of rotatable bonds is 3. The minimum atomic E-state index is -0.259. The Morgan fingerprint density at radius 1 is 1.08 bits per heavy atom. The number of halogens is 2. The van der Waals surface area contributed by atoms with Gasteiger partial charge in [0.15, 0.2) is 0 Å². The summed E-state index contributed by atoms with van der Waals surface area (Å²) in [7, 11) is 0. The van der Waals surface area contributed by atoms with Gasteiger partial charge in [-0.3, -0.25) is 4.79 Å². The Morgan fingerprint density at radius 2 is 1.67 bits per heavy atom. The fourth-order valence-electron chi connectivity index (χ4n) is 2.88. The summed E-state index contributed by atoms with van der Waals surface area (Å²) in [5.41, 5.74) is 1.41. The van der Waals surface area contributed by atoms with E-state index in [1.54, 1.807) is 18.3 Å². The molecule has 1 aliphatic rings. The lowest BCUT2D eigenvalue weighted by Gasteiger charge is -2.37. The predicted molar refractivity (Wildman–Crippen MR) is 94.7 cm³/mol. The summed E-state index contributed by atoms with van der Waals surface area (Å²) >= 11 is 6.28. The highest BCUT2D eigenvalue weighted by Crippen LogP contribution is 2.24. The molecule has 1 fully saturated rings. The van der Waals surface area contributed by atoms with Crippen LogP contribution in [0.1, 0.15) is 19.9 Å². The number of nitrogens with zero attached hydrogens (tertiary/aromatic N) is 4. The van der Waals surface area contributed by atoms with Crippen LogP contribution in [0.25, 0.3) is 0 Å². The zero-order chi connectivity index (χ0) is 17.3. The maximum absolute atomic E-state index is 13.0. The van der Waals surface area contributed by atoms with E-state index < -0.39 is 0 Å². The molecule has 1 aliphatic heterocycles.